The minimum atomic E-state index is -0.772. The van der Waals surface area contributed by atoms with Crippen molar-refractivity contribution in [2.75, 3.05) is 0 Å². The second-order valence-corrected chi connectivity index (χ2v) is 4.04. The Balaban J connectivity index is 2.15. The van der Waals surface area contributed by atoms with Crippen LogP contribution in [0.15, 0.2) is 23.8 Å². The summed E-state index contributed by atoms with van der Waals surface area (Å²) in [6.45, 7) is 0. The third kappa shape index (κ3) is 2.48. The average Bonchev–Trinajstić information content (AvgIpc) is 2.26. The number of fused-ring (bicyclic) bond motifs is 1. The Hall–Kier alpha value is -1.64. The van der Waals surface area contributed by atoms with Gasteiger partial charge in [-0.25, -0.2) is 4.39 Å². The molecule has 0 spiro atoms. The number of rotatable bonds is 3. The molecule has 0 amide bonds. The molecule has 1 aromatic carbocycles. The smallest absolute Gasteiger partial charge is 0.303 e. The molecule has 0 fully saturated rings. The Morgan fingerprint density at radius 1 is 1.38 bits per heavy atom. The molecule has 0 heterocycles. The van der Waals surface area contributed by atoms with Crippen LogP contribution in [0.25, 0.3) is 6.08 Å². The van der Waals surface area contributed by atoms with Crippen molar-refractivity contribution in [3.63, 3.8) is 0 Å². The van der Waals surface area contributed by atoms with Crippen molar-refractivity contribution in [2.45, 2.75) is 25.7 Å². The van der Waals surface area contributed by atoms with Crippen LogP contribution in [-0.4, -0.2) is 11.1 Å². The summed E-state index contributed by atoms with van der Waals surface area (Å²) in [6.07, 6.45) is 4.39. The largest absolute Gasteiger partial charge is 0.481 e. The summed E-state index contributed by atoms with van der Waals surface area (Å²) >= 11 is 0. The van der Waals surface area contributed by atoms with Crippen LogP contribution in [0, 0.1) is 5.82 Å². The molecule has 1 aliphatic carbocycles. The number of carboxylic acids is 1. The van der Waals surface area contributed by atoms with Crippen LogP contribution in [0.4, 0.5) is 4.39 Å². The summed E-state index contributed by atoms with van der Waals surface area (Å²) in [5, 5.41) is 8.60. The van der Waals surface area contributed by atoms with Crippen molar-refractivity contribution in [1.82, 2.24) is 0 Å². The van der Waals surface area contributed by atoms with Crippen molar-refractivity contribution in [3.8, 4) is 0 Å². The van der Waals surface area contributed by atoms with E-state index in [9.17, 15) is 9.18 Å². The van der Waals surface area contributed by atoms with Crippen molar-refractivity contribution in [2.24, 2.45) is 0 Å². The molecule has 0 aromatic heterocycles. The lowest BCUT2D eigenvalue weighted by atomic mass is 9.90. The number of carboxylic acid groups (broad SMARTS) is 1. The van der Waals surface area contributed by atoms with Crippen LogP contribution in [0.3, 0.4) is 0 Å². The number of benzene rings is 1. The topological polar surface area (TPSA) is 37.3 Å². The molecule has 84 valence electrons. The first-order valence-electron chi connectivity index (χ1n) is 5.35. The van der Waals surface area contributed by atoms with Crippen LogP contribution in [0.1, 0.15) is 30.4 Å². The molecule has 0 unspecified atom stereocenters. The highest BCUT2D eigenvalue weighted by Gasteiger charge is 2.11. The van der Waals surface area contributed by atoms with Gasteiger partial charge < -0.3 is 5.11 Å². The number of carbonyl (C=O) groups is 1. The lowest BCUT2D eigenvalue weighted by Crippen LogP contribution is -2.02. The lowest BCUT2D eigenvalue weighted by Gasteiger charge is -2.15. The van der Waals surface area contributed by atoms with Gasteiger partial charge in [-0.2, -0.15) is 0 Å². The Labute approximate surface area is 93.4 Å². The molecular weight excluding hydrogens is 207 g/mol. The monoisotopic (exact) mass is 220 g/mol. The van der Waals surface area contributed by atoms with Gasteiger partial charge >= 0.3 is 5.97 Å². The molecule has 0 atom stereocenters. The molecule has 2 rings (SSSR count). The first-order chi connectivity index (χ1) is 7.65. The summed E-state index contributed by atoms with van der Waals surface area (Å²) in [5.41, 5.74) is 3.17. The second-order valence-electron chi connectivity index (χ2n) is 4.04. The van der Waals surface area contributed by atoms with Crippen LogP contribution in [0.5, 0.6) is 0 Å². The van der Waals surface area contributed by atoms with Gasteiger partial charge in [0.15, 0.2) is 0 Å². The quantitative estimate of drug-likeness (QED) is 0.850. The minimum absolute atomic E-state index is 0.169. The SMILES string of the molecule is O=C(O)CCC1=Cc2ccc(F)cc2CC1. The van der Waals surface area contributed by atoms with Gasteiger partial charge in [-0.05, 0) is 42.5 Å². The minimum Gasteiger partial charge on any atom is -0.481 e. The predicted octanol–water partition coefficient (Wildman–Crippen LogP) is 3.02. The zero-order valence-corrected chi connectivity index (χ0v) is 8.87. The highest BCUT2D eigenvalue weighted by atomic mass is 19.1. The highest BCUT2D eigenvalue weighted by molar-refractivity contribution is 5.68. The zero-order valence-electron chi connectivity index (χ0n) is 8.87. The van der Waals surface area contributed by atoms with Gasteiger partial charge in [0.25, 0.3) is 0 Å². The van der Waals surface area contributed by atoms with Crippen LogP contribution in [-0.2, 0) is 11.2 Å². The molecule has 1 N–H and O–H groups in total. The molecular formula is C13H13FO2. The average molecular weight is 220 g/mol. The van der Waals surface area contributed by atoms with Gasteiger partial charge in [0.2, 0.25) is 0 Å². The first-order valence-corrected chi connectivity index (χ1v) is 5.35. The number of halogens is 1. The van der Waals surface area contributed by atoms with E-state index in [-0.39, 0.29) is 12.2 Å². The summed E-state index contributed by atoms with van der Waals surface area (Å²) in [6, 6.07) is 4.75. The number of hydrogen-bond donors (Lipinski definition) is 1. The fourth-order valence-corrected chi connectivity index (χ4v) is 1.98. The molecule has 0 saturated heterocycles. The predicted molar refractivity (Wildman–Crippen MR) is 59.6 cm³/mol. The van der Waals surface area contributed by atoms with Crippen molar-refractivity contribution < 1.29 is 14.3 Å². The molecule has 0 radical (unpaired) electrons. The molecule has 0 aliphatic heterocycles. The van der Waals surface area contributed by atoms with Crippen LogP contribution in [0.2, 0.25) is 0 Å². The van der Waals surface area contributed by atoms with E-state index >= 15 is 0 Å². The van der Waals surface area contributed by atoms with Gasteiger partial charge in [0.1, 0.15) is 5.82 Å². The van der Waals surface area contributed by atoms with Gasteiger partial charge in [0, 0.05) is 6.42 Å². The van der Waals surface area contributed by atoms with Gasteiger partial charge in [-0.3, -0.25) is 4.79 Å². The third-order valence-electron chi connectivity index (χ3n) is 2.84. The molecule has 1 aromatic rings. The molecule has 1 aliphatic rings. The summed E-state index contributed by atoms with van der Waals surface area (Å²) in [4.78, 5) is 10.5. The van der Waals surface area contributed by atoms with Gasteiger partial charge in [-0.15, -0.1) is 0 Å². The standard InChI is InChI=1S/C13H13FO2/c14-12-5-4-10-7-9(2-6-13(15)16)1-3-11(10)8-12/h4-5,7-8H,1-3,6H2,(H,15,16). The van der Waals surface area contributed by atoms with E-state index in [1.54, 1.807) is 12.1 Å². The number of hydrogen-bond acceptors (Lipinski definition) is 1. The molecule has 16 heavy (non-hydrogen) atoms. The summed E-state index contributed by atoms with van der Waals surface area (Å²) in [5.74, 6) is -0.980. The van der Waals surface area contributed by atoms with E-state index in [0.717, 1.165) is 29.5 Å². The Kier molecular flexibility index (Phi) is 3.04. The van der Waals surface area contributed by atoms with Crippen molar-refractivity contribution in [3.05, 3.63) is 40.7 Å². The van der Waals surface area contributed by atoms with Crippen LogP contribution < -0.4 is 0 Å². The Morgan fingerprint density at radius 2 is 2.19 bits per heavy atom. The Bertz CT molecular complexity index is 449. The van der Waals surface area contributed by atoms with E-state index in [1.807, 2.05) is 6.08 Å². The van der Waals surface area contributed by atoms with Gasteiger partial charge in [0.05, 0.1) is 0 Å². The van der Waals surface area contributed by atoms with Gasteiger partial charge in [-0.1, -0.05) is 17.7 Å². The van der Waals surface area contributed by atoms with Crippen molar-refractivity contribution in [1.29, 1.82) is 0 Å². The maximum atomic E-state index is 12.9. The van der Waals surface area contributed by atoms with Crippen LogP contribution >= 0.6 is 0 Å². The summed E-state index contributed by atoms with van der Waals surface area (Å²) in [7, 11) is 0. The molecule has 0 saturated carbocycles. The zero-order chi connectivity index (χ0) is 11.5. The molecule has 3 heteroatoms. The maximum Gasteiger partial charge on any atom is 0.303 e. The normalized spacial score (nSPS) is 14.2. The fraction of sp³-hybridized carbons (Fsp3) is 0.308. The number of allylic oxidation sites excluding steroid dienone is 1. The first kappa shape index (κ1) is 10.9. The number of aliphatic carboxylic acids is 1. The van der Waals surface area contributed by atoms with E-state index in [2.05, 4.69) is 0 Å². The maximum absolute atomic E-state index is 12.9. The van der Waals surface area contributed by atoms with Crippen molar-refractivity contribution >= 4 is 12.0 Å². The third-order valence-corrected chi connectivity index (χ3v) is 2.84. The van der Waals surface area contributed by atoms with E-state index in [0.29, 0.717) is 6.42 Å². The second kappa shape index (κ2) is 4.47. The lowest BCUT2D eigenvalue weighted by molar-refractivity contribution is -0.136. The summed E-state index contributed by atoms with van der Waals surface area (Å²) < 4.78 is 12.9. The van der Waals surface area contributed by atoms with E-state index in [4.69, 9.17) is 5.11 Å². The Morgan fingerprint density at radius 3 is 2.94 bits per heavy atom. The molecule has 2 nitrogen and oxygen atoms in total. The number of aryl methyl sites for hydroxylation is 1. The van der Waals surface area contributed by atoms with E-state index < -0.39 is 5.97 Å². The fourth-order valence-electron chi connectivity index (χ4n) is 1.98. The van der Waals surface area contributed by atoms with E-state index in [1.165, 1.54) is 6.07 Å². The molecule has 0 bridgehead atoms. The highest BCUT2D eigenvalue weighted by Crippen LogP contribution is 2.26.